The molecule has 5 rings (SSSR count). The summed E-state index contributed by atoms with van der Waals surface area (Å²) in [5.74, 6) is -1.39. The van der Waals surface area contributed by atoms with Crippen molar-refractivity contribution < 1.29 is 28.2 Å². The third-order valence-electron chi connectivity index (χ3n) is 6.66. The van der Waals surface area contributed by atoms with E-state index in [1.165, 1.54) is 24.3 Å². The highest BCUT2D eigenvalue weighted by molar-refractivity contribution is 6.16. The van der Waals surface area contributed by atoms with Gasteiger partial charge < -0.3 is 24.8 Å². The van der Waals surface area contributed by atoms with Crippen molar-refractivity contribution in [1.82, 2.24) is 4.98 Å². The summed E-state index contributed by atoms with van der Waals surface area (Å²) in [6, 6.07) is 16.0. The van der Waals surface area contributed by atoms with Crippen molar-refractivity contribution in [3.8, 4) is 5.75 Å². The Kier molecular flexibility index (Phi) is 6.39. The predicted molar refractivity (Wildman–Crippen MR) is 135 cm³/mol. The fourth-order valence-corrected chi connectivity index (χ4v) is 4.33. The van der Waals surface area contributed by atoms with Gasteiger partial charge in [0.15, 0.2) is 5.76 Å². The average Bonchev–Trinajstić information content (AvgIpc) is 3.73. The van der Waals surface area contributed by atoms with Crippen molar-refractivity contribution in [3.05, 3.63) is 89.7 Å². The zero-order valence-electron chi connectivity index (χ0n) is 20.4. The fraction of sp³-hybridized carbons (Fsp3) is 0.250. The summed E-state index contributed by atoms with van der Waals surface area (Å²) in [6.45, 7) is 0. The standard InChI is InChI=1S/C28H26FN3O5/c1-35-24-16-23-18(4-3-15-30-23)17-28(24,36-2)37-22-11-9-21(10-12-22)32-26(34)27(13-14-27)25(33)31-20-7-5-19(29)6-8-20/h3-12,15-16H,13-14,17H2,1-2H3,(H,31,33)(H,32,34). The molecule has 9 heteroatoms. The Morgan fingerprint density at radius 1 is 0.919 bits per heavy atom. The van der Waals surface area contributed by atoms with Gasteiger partial charge in [-0.15, -0.1) is 0 Å². The summed E-state index contributed by atoms with van der Waals surface area (Å²) in [7, 11) is 3.10. The average molecular weight is 504 g/mol. The lowest BCUT2D eigenvalue weighted by Crippen LogP contribution is -2.45. The van der Waals surface area contributed by atoms with Crippen LogP contribution in [0, 0.1) is 11.2 Å². The van der Waals surface area contributed by atoms with Gasteiger partial charge >= 0.3 is 0 Å². The van der Waals surface area contributed by atoms with Crippen LogP contribution in [0.3, 0.4) is 0 Å². The summed E-state index contributed by atoms with van der Waals surface area (Å²) in [5.41, 5.74) is 1.56. The van der Waals surface area contributed by atoms with Gasteiger partial charge in [0, 0.05) is 37.2 Å². The maximum absolute atomic E-state index is 13.1. The van der Waals surface area contributed by atoms with Gasteiger partial charge in [0.2, 0.25) is 11.8 Å². The Hall–Kier alpha value is -4.24. The molecule has 2 amide bonds. The number of aromatic nitrogens is 1. The molecular formula is C28H26FN3O5. The number of hydrogen-bond acceptors (Lipinski definition) is 6. The Labute approximate surface area is 213 Å². The SMILES string of the molecule is COC1=Cc2ncccc2CC1(OC)Oc1ccc(NC(=O)C2(C(=O)Nc3ccc(F)cc3)CC2)cc1. The second-order valence-electron chi connectivity index (χ2n) is 9.02. The molecule has 3 aromatic rings. The van der Waals surface area contributed by atoms with E-state index in [1.807, 2.05) is 12.1 Å². The first kappa shape index (κ1) is 24.5. The molecule has 0 radical (unpaired) electrons. The largest absolute Gasteiger partial charge is 0.494 e. The summed E-state index contributed by atoms with van der Waals surface area (Å²) >= 11 is 0. The number of anilines is 2. The normalized spacial score (nSPS) is 19.2. The van der Waals surface area contributed by atoms with Gasteiger partial charge in [0.05, 0.1) is 12.8 Å². The van der Waals surface area contributed by atoms with Gasteiger partial charge in [0.25, 0.3) is 5.79 Å². The highest BCUT2D eigenvalue weighted by atomic mass is 19.1. The molecule has 2 aliphatic rings. The molecule has 8 nitrogen and oxygen atoms in total. The van der Waals surface area contributed by atoms with E-state index in [1.54, 1.807) is 50.8 Å². The quantitative estimate of drug-likeness (QED) is 0.346. The van der Waals surface area contributed by atoms with Crippen LogP contribution in [0.4, 0.5) is 15.8 Å². The van der Waals surface area contributed by atoms with E-state index in [0.717, 1.165) is 11.3 Å². The monoisotopic (exact) mass is 503 g/mol. The van der Waals surface area contributed by atoms with Crippen molar-refractivity contribution in [2.24, 2.45) is 5.41 Å². The molecule has 0 aliphatic heterocycles. The van der Waals surface area contributed by atoms with Crippen molar-refractivity contribution in [1.29, 1.82) is 0 Å². The first-order valence-corrected chi connectivity index (χ1v) is 11.8. The minimum atomic E-state index is -1.17. The van der Waals surface area contributed by atoms with E-state index in [4.69, 9.17) is 14.2 Å². The van der Waals surface area contributed by atoms with Crippen LogP contribution in [0.25, 0.3) is 6.08 Å². The third-order valence-corrected chi connectivity index (χ3v) is 6.66. The highest BCUT2D eigenvalue weighted by Gasteiger charge is 2.56. The van der Waals surface area contributed by atoms with Crippen molar-refractivity contribution in [2.75, 3.05) is 24.9 Å². The van der Waals surface area contributed by atoms with Gasteiger partial charge in [-0.25, -0.2) is 4.39 Å². The number of amides is 2. The third kappa shape index (κ3) is 4.77. The minimum absolute atomic E-state index is 0.393. The van der Waals surface area contributed by atoms with Crippen LogP contribution in [0.1, 0.15) is 24.1 Å². The first-order valence-electron chi connectivity index (χ1n) is 11.8. The smallest absolute Gasteiger partial charge is 0.273 e. The second kappa shape index (κ2) is 9.67. The number of nitrogens with one attached hydrogen (secondary N) is 2. The van der Waals surface area contributed by atoms with Crippen LogP contribution in [-0.2, 0) is 25.5 Å². The Bertz CT molecular complexity index is 1350. The van der Waals surface area contributed by atoms with E-state index < -0.39 is 28.8 Å². The van der Waals surface area contributed by atoms with E-state index in [0.29, 0.717) is 42.1 Å². The number of benzene rings is 2. The van der Waals surface area contributed by atoms with Crippen LogP contribution in [0.15, 0.2) is 72.6 Å². The lowest BCUT2D eigenvalue weighted by molar-refractivity contribution is -0.158. The maximum Gasteiger partial charge on any atom is 0.273 e. The van der Waals surface area contributed by atoms with Crippen LogP contribution in [0.2, 0.25) is 0 Å². The van der Waals surface area contributed by atoms with Crippen LogP contribution in [0.5, 0.6) is 5.75 Å². The van der Waals surface area contributed by atoms with Gasteiger partial charge in [0.1, 0.15) is 17.0 Å². The molecule has 190 valence electrons. The van der Waals surface area contributed by atoms with Gasteiger partial charge in [-0.05, 0) is 73.0 Å². The van der Waals surface area contributed by atoms with Gasteiger partial charge in [-0.2, -0.15) is 0 Å². The molecule has 2 N–H and O–H groups in total. The molecule has 1 aromatic heterocycles. The molecule has 2 aliphatic carbocycles. The summed E-state index contributed by atoms with van der Waals surface area (Å²) < 4.78 is 30.8. The van der Waals surface area contributed by atoms with Crippen molar-refractivity contribution in [3.63, 3.8) is 0 Å². The highest BCUT2D eigenvalue weighted by Crippen LogP contribution is 2.47. The number of rotatable bonds is 8. The number of pyridine rings is 1. The Morgan fingerprint density at radius 3 is 2.11 bits per heavy atom. The van der Waals surface area contributed by atoms with Gasteiger partial charge in [-0.1, -0.05) is 6.07 Å². The van der Waals surface area contributed by atoms with Gasteiger partial charge in [-0.3, -0.25) is 14.6 Å². The number of hydrogen-bond donors (Lipinski definition) is 2. The first-order chi connectivity index (χ1) is 17.9. The number of fused-ring (bicyclic) bond motifs is 1. The minimum Gasteiger partial charge on any atom is -0.494 e. The molecule has 0 saturated heterocycles. The topological polar surface area (TPSA) is 98.8 Å². The molecule has 1 atom stereocenters. The lowest BCUT2D eigenvalue weighted by atomic mass is 9.95. The van der Waals surface area contributed by atoms with Crippen LogP contribution >= 0.6 is 0 Å². The lowest BCUT2D eigenvalue weighted by Gasteiger charge is -2.36. The zero-order chi connectivity index (χ0) is 26.0. The van der Waals surface area contributed by atoms with Crippen LogP contribution < -0.4 is 15.4 Å². The van der Waals surface area contributed by atoms with E-state index >= 15 is 0 Å². The second-order valence-corrected chi connectivity index (χ2v) is 9.02. The van der Waals surface area contributed by atoms with Crippen LogP contribution in [-0.4, -0.2) is 36.8 Å². The van der Waals surface area contributed by atoms with Crippen molar-refractivity contribution in [2.45, 2.75) is 25.0 Å². The molecule has 1 unspecified atom stereocenters. The fourth-order valence-electron chi connectivity index (χ4n) is 4.33. The molecule has 0 spiro atoms. The number of methoxy groups -OCH3 is 2. The van der Waals surface area contributed by atoms with E-state index in [2.05, 4.69) is 15.6 Å². The summed E-state index contributed by atoms with van der Waals surface area (Å²) in [5, 5.41) is 5.52. The van der Waals surface area contributed by atoms with Crippen molar-refractivity contribution >= 4 is 29.3 Å². The van der Waals surface area contributed by atoms with E-state index in [-0.39, 0.29) is 0 Å². The number of ether oxygens (including phenoxy) is 3. The number of carbonyl (C=O) groups excluding carboxylic acids is 2. The molecule has 37 heavy (non-hydrogen) atoms. The Morgan fingerprint density at radius 2 is 1.54 bits per heavy atom. The maximum atomic E-state index is 13.1. The summed E-state index contributed by atoms with van der Waals surface area (Å²) in [6.07, 6.45) is 4.78. The molecule has 2 aromatic carbocycles. The predicted octanol–water partition coefficient (Wildman–Crippen LogP) is 4.54. The Balaban J connectivity index is 1.26. The molecule has 1 saturated carbocycles. The van der Waals surface area contributed by atoms with E-state index in [9.17, 15) is 14.0 Å². The molecule has 0 bridgehead atoms. The zero-order valence-corrected chi connectivity index (χ0v) is 20.4. The summed E-state index contributed by atoms with van der Waals surface area (Å²) in [4.78, 5) is 30.1. The molecule has 1 heterocycles. The molecular weight excluding hydrogens is 477 g/mol. The number of halogens is 1. The molecule has 1 fully saturated rings. The number of nitrogens with zero attached hydrogens (tertiary/aromatic N) is 1. The number of carbonyl (C=O) groups is 2.